The van der Waals surface area contributed by atoms with Crippen molar-refractivity contribution in [1.29, 1.82) is 0 Å². The molecule has 0 bridgehead atoms. The van der Waals surface area contributed by atoms with Gasteiger partial charge >= 0.3 is 5.97 Å². The minimum atomic E-state index is -1.17. The Morgan fingerprint density at radius 2 is 2.00 bits per heavy atom. The van der Waals surface area contributed by atoms with E-state index in [0.29, 0.717) is 11.5 Å². The zero-order chi connectivity index (χ0) is 23.5. The highest BCUT2D eigenvalue weighted by atomic mass is 16.6. The van der Waals surface area contributed by atoms with Gasteiger partial charge in [-0.1, -0.05) is 12.1 Å². The second-order valence-corrected chi connectivity index (χ2v) is 7.83. The number of non-ortho nitro benzene ring substituents is 1. The third-order valence-electron chi connectivity index (χ3n) is 4.73. The van der Waals surface area contributed by atoms with Crippen LogP contribution >= 0.6 is 0 Å². The number of esters is 1. The van der Waals surface area contributed by atoms with Gasteiger partial charge in [0.25, 0.3) is 11.6 Å². The Balaban J connectivity index is 1.58. The van der Waals surface area contributed by atoms with E-state index in [1.165, 1.54) is 26.2 Å². The van der Waals surface area contributed by atoms with Gasteiger partial charge in [0, 0.05) is 24.1 Å². The third-order valence-corrected chi connectivity index (χ3v) is 4.73. The molecular formula is C22H24N2O8. The van der Waals surface area contributed by atoms with Crippen molar-refractivity contribution in [3.63, 3.8) is 0 Å². The molecule has 1 N–H and O–H groups in total. The largest absolute Gasteiger partial charge is 0.495 e. The Morgan fingerprint density at radius 3 is 2.69 bits per heavy atom. The summed E-state index contributed by atoms with van der Waals surface area (Å²) in [4.78, 5) is 35.0. The number of nitrogens with zero attached hydrogens (tertiary/aromatic N) is 1. The number of anilines is 1. The lowest BCUT2D eigenvalue weighted by Gasteiger charge is -2.18. The number of hydrogen-bond acceptors (Lipinski definition) is 8. The lowest BCUT2D eigenvalue weighted by atomic mass is 10.0. The molecule has 1 atom stereocenters. The summed E-state index contributed by atoms with van der Waals surface area (Å²) in [5, 5.41) is 13.4. The Labute approximate surface area is 184 Å². The Kier molecular flexibility index (Phi) is 6.52. The van der Waals surface area contributed by atoms with Crippen LogP contribution in [0.5, 0.6) is 17.2 Å². The standard InChI is InChI=1S/C22H24N2O8/c1-13(21(26)23-16-10-15(24(27)28)8-9-17(16)29-4)31-19(25)12-30-18-7-5-6-14-11-22(2,3)32-20(14)18/h5-10,13H,11-12H2,1-4H3,(H,23,26). The fourth-order valence-electron chi connectivity index (χ4n) is 3.26. The van der Waals surface area contributed by atoms with Crippen LogP contribution in [0.2, 0.25) is 0 Å². The number of carbonyl (C=O) groups is 2. The summed E-state index contributed by atoms with van der Waals surface area (Å²) in [6.45, 7) is 4.88. The van der Waals surface area contributed by atoms with Crippen molar-refractivity contribution in [3.05, 3.63) is 52.1 Å². The van der Waals surface area contributed by atoms with Gasteiger partial charge in [0.15, 0.2) is 24.2 Å². The van der Waals surface area contributed by atoms with Crippen molar-refractivity contribution in [3.8, 4) is 17.2 Å². The summed E-state index contributed by atoms with van der Waals surface area (Å²) >= 11 is 0. The van der Waals surface area contributed by atoms with Gasteiger partial charge in [-0.15, -0.1) is 0 Å². The van der Waals surface area contributed by atoms with Crippen LogP contribution in [0.1, 0.15) is 26.3 Å². The smallest absolute Gasteiger partial charge is 0.344 e. The molecule has 1 heterocycles. The summed E-state index contributed by atoms with van der Waals surface area (Å²) in [5.41, 5.74) is 0.493. The Bertz CT molecular complexity index is 1050. The fraction of sp³-hybridized carbons (Fsp3) is 0.364. The van der Waals surface area contributed by atoms with E-state index < -0.39 is 29.5 Å². The van der Waals surface area contributed by atoms with Crippen LogP contribution in [0.3, 0.4) is 0 Å². The second-order valence-electron chi connectivity index (χ2n) is 7.83. The van der Waals surface area contributed by atoms with Crippen LogP contribution < -0.4 is 19.5 Å². The molecule has 1 aliphatic rings. The number of nitro benzene ring substituents is 1. The van der Waals surface area contributed by atoms with Crippen molar-refractivity contribution >= 4 is 23.3 Å². The molecule has 0 aliphatic carbocycles. The molecule has 0 saturated heterocycles. The molecule has 3 rings (SSSR count). The minimum absolute atomic E-state index is 0.0884. The zero-order valence-corrected chi connectivity index (χ0v) is 18.2. The molecule has 1 aliphatic heterocycles. The summed E-state index contributed by atoms with van der Waals surface area (Å²) < 4.78 is 21.7. The first kappa shape index (κ1) is 22.9. The van der Waals surface area contributed by atoms with E-state index in [4.69, 9.17) is 18.9 Å². The molecule has 1 unspecified atom stereocenters. The SMILES string of the molecule is COc1ccc([N+](=O)[O-])cc1NC(=O)C(C)OC(=O)COc1cccc2c1OC(C)(C)C2. The number of nitro groups is 1. The van der Waals surface area contributed by atoms with Gasteiger partial charge in [-0.2, -0.15) is 0 Å². The van der Waals surface area contributed by atoms with Gasteiger partial charge in [-0.3, -0.25) is 14.9 Å². The highest BCUT2D eigenvalue weighted by Gasteiger charge is 2.32. The molecule has 170 valence electrons. The quantitative estimate of drug-likeness (QED) is 0.373. The number of carbonyl (C=O) groups excluding carboxylic acids is 2. The molecule has 32 heavy (non-hydrogen) atoms. The van der Waals surface area contributed by atoms with Crippen molar-refractivity contribution in [2.45, 2.75) is 38.9 Å². The monoisotopic (exact) mass is 444 g/mol. The first-order valence-electron chi connectivity index (χ1n) is 9.86. The maximum Gasteiger partial charge on any atom is 0.344 e. The summed E-state index contributed by atoms with van der Waals surface area (Å²) in [6, 6.07) is 9.21. The maximum absolute atomic E-state index is 12.4. The Hall–Kier alpha value is -3.82. The van der Waals surface area contributed by atoms with E-state index in [-0.39, 0.29) is 22.7 Å². The third kappa shape index (κ3) is 5.26. The number of hydrogen-bond donors (Lipinski definition) is 1. The van der Waals surface area contributed by atoms with Gasteiger partial charge in [0.05, 0.1) is 17.7 Å². The maximum atomic E-state index is 12.4. The predicted molar refractivity (Wildman–Crippen MR) is 114 cm³/mol. The molecule has 0 fully saturated rings. The molecule has 1 amide bonds. The van der Waals surface area contributed by atoms with Crippen LogP contribution in [-0.4, -0.2) is 42.2 Å². The topological polar surface area (TPSA) is 126 Å². The van der Waals surface area contributed by atoms with Gasteiger partial charge in [-0.25, -0.2) is 4.79 Å². The molecule has 2 aromatic rings. The van der Waals surface area contributed by atoms with Crippen molar-refractivity contribution < 1.29 is 33.5 Å². The van der Waals surface area contributed by atoms with E-state index >= 15 is 0 Å². The van der Waals surface area contributed by atoms with Crippen molar-refractivity contribution in [2.75, 3.05) is 19.0 Å². The van der Waals surface area contributed by atoms with E-state index in [9.17, 15) is 19.7 Å². The van der Waals surface area contributed by atoms with Crippen LogP contribution in [0.15, 0.2) is 36.4 Å². The summed E-state index contributed by atoms with van der Waals surface area (Å²) in [5.74, 6) is -0.194. The number of rotatable bonds is 8. The second kappa shape index (κ2) is 9.13. The lowest BCUT2D eigenvalue weighted by molar-refractivity contribution is -0.384. The van der Waals surface area contributed by atoms with Crippen LogP contribution in [-0.2, 0) is 20.7 Å². The summed E-state index contributed by atoms with van der Waals surface area (Å²) in [6.07, 6.45) is -0.450. The number of nitrogens with one attached hydrogen (secondary N) is 1. The van der Waals surface area contributed by atoms with E-state index in [2.05, 4.69) is 5.32 Å². The molecule has 0 radical (unpaired) electrons. The molecule has 0 saturated carbocycles. The van der Waals surface area contributed by atoms with E-state index in [1.807, 2.05) is 26.0 Å². The average Bonchev–Trinajstić information content (AvgIpc) is 3.06. The predicted octanol–water partition coefficient (Wildman–Crippen LogP) is 3.27. The number of para-hydroxylation sites is 1. The molecule has 0 aromatic heterocycles. The van der Waals surface area contributed by atoms with Crippen molar-refractivity contribution in [1.82, 2.24) is 0 Å². The number of amides is 1. The van der Waals surface area contributed by atoms with Gasteiger partial charge in [0.1, 0.15) is 11.4 Å². The van der Waals surface area contributed by atoms with Gasteiger partial charge < -0.3 is 24.3 Å². The number of benzene rings is 2. The highest BCUT2D eigenvalue weighted by molar-refractivity contribution is 5.96. The zero-order valence-electron chi connectivity index (χ0n) is 18.2. The number of ether oxygens (including phenoxy) is 4. The van der Waals surface area contributed by atoms with E-state index in [1.54, 1.807) is 6.07 Å². The minimum Gasteiger partial charge on any atom is -0.495 e. The fourth-order valence-corrected chi connectivity index (χ4v) is 3.26. The van der Waals surface area contributed by atoms with Gasteiger partial charge in [-0.05, 0) is 32.9 Å². The van der Waals surface area contributed by atoms with Crippen LogP contribution in [0.4, 0.5) is 11.4 Å². The molecule has 10 nitrogen and oxygen atoms in total. The average molecular weight is 444 g/mol. The lowest BCUT2D eigenvalue weighted by Crippen LogP contribution is -2.31. The van der Waals surface area contributed by atoms with Crippen LogP contribution in [0, 0.1) is 10.1 Å². The highest BCUT2D eigenvalue weighted by Crippen LogP contribution is 2.41. The first-order chi connectivity index (χ1) is 15.1. The number of methoxy groups -OCH3 is 1. The molecule has 2 aromatic carbocycles. The van der Waals surface area contributed by atoms with Crippen molar-refractivity contribution in [2.24, 2.45) is 0 Å². The number of fused-ring (bicyclic) bond motifs is 1. The van der Waals surface area contributed by atoms with Crippen LogP contribution in [0.25, 0.3) is 0 Å². The first-order valence-corrected chi connectivity index (χ1v) is 9.86. The summed E-state index contributed by atoms with van der Waals surface area (Å²) in [7, 11) is 1.36. The molecular weight excluding hydrogens is 420 g/mol. The molecule has 10 heteroatoms. The Morgan fingerprint density at radius 1 is 1.25 bits per heavy atom. The van der Waals surface area contributed by atoms with E-state index in [0.717, 1.165) is 18.1 Å². The molecule has 0 spiro atoms. The van der Waals surface area contributed by atoms with Gasteiger partial charge in [0.2, 0.25) is 0 Å². The normalized spacial score (nSPS) is 14.5.